The number of fused-ring (bicyclic) bond motifs is 1. The topological polar surface area (TPSA) is 722 Å². The summed E-state index contributed by atoms with van der Waals surface area (Å²) in [5, 5.41) is 86.6. The van der Waals surface area contributed by atoms with Gasteiger partial charge in [-0.25, -0.2) is 0 Å². The third-order valence-electron chi connectivity index (χ3n) is 23.7. The summed E-state index contributed by atoms with van der Waals surface area (Å²) in [7, 11) is 2.56. The highest BCUT2D eigenvalue weighted by Crippen LogP contribution is 2.25. The summed E-state index contributed by atoms with van der Waals surface area (Å²) >= 11 is 0.633. The summed E-state index contributed by atoms with van der Waals surface area (Å²) in [5.74, 6) is -23.9. The van der Waals surface area contributed by atoms with Crippen molar-refractivity contribution in [3.63, 3.8) is 0 Å². The fourth-order valence-electron chi connectivity index (χ4n) is 15.5. The normalized spacial score (nSPS) is 22.6. The first-order chi connectivity index (χ1) is 67.7. The molecule has 1 aliphatic rings. The third kappa shape index (κ3) is 36.7. The molecule has 1 aliphatic heterocycles. The van der Waals surface area contributed by atoms with Crippen molar-refractivity contribution < 1.29 is 102 Å². The lowest BCUT2D eigenvalue weighted by atomic mass is 9.98. The van der Waals surface area contributed by atoms with E-state index in [0.717, 1.165) is 20.9 Å². The van der Waals surface area contributed by atoms with E-state index in [4.69, 9.17) is 33.8 Å². The van der Waals surface area contributed by atoms with Crippen molar-refractivity contribution in [2.24, 2.45) is 40.7 Å². The van der Waals surface area contributed by atoms with Crippen molar-refractivity contribution in [3.8, 4) is 16.9 Å². The number of likely N-dealkylation sites (N-methyl/N-ethyl adjacent to an activating group) is 2. The van der Waals surface area contributed by atoms with E-state index in [0.29, 0.717) is 39.4 Å². The van der Waals surface area contributed by atoms with E-state index in [9.17, 15) is 58.5 Å². The molecule has 0 aliphatic carbocycles. The number of aliphatic hydroxyl groups excluding tert-OH is 1. The van der Waals surface area contributed by atoms with Crippen LogP contribution >= 0.6 is 11.8 Å². The van der Waals surface area contributed by atoms with Crippen LogP contribution in [0.15, 0.2) is 140 Å². The van der Waals surface area contributed by atoms with Crippen molar-refractivity contribution in [2.75, 3.05) is 45.3 Å². The Labute approximate surface area is 831 Å². The van der Waals surface area contributed by atoms with Gasteiger partial charge in [-0.1, -0.05) is 157 Å². The number of aromatic amines is 1. The van der Waals surface area contributed by atoms with Crippen LogP contribution in [-0.4, -0.2) is 284 Å². The summed E-state index contributed by atoms with van der Waals surface area (Å²) in [4.78, 5) is 268. The maximum atomic E-state index is 15.6. The Bertz CT molecular complexity index is 5460. The van der Waals surface area contributed by atoms with Gasteiger partial charge in [0.2, 0.25) is 100 Å². The van der Waals surface area contributed by atoms with Crippen molar-refractivity contribution in [3.05, 3.63) is 162 Å². The van der Waals surface area contributed by atoms with E-state index < -0.39 is 271 Å². The number of phenols is 1. The van der Waals surface area contributed by atoms with Gasteiger partial charge >= 0.3 is 5.97 Å². The molecule has 143 heavy (non-hydrogen) atoms. The number of H-pyrrole nitrogens is 1. The number of nitrogens with one attached hydrogen (secondary N) is 18. The highest BCUT2D eigenvalue weighted by molar-refractivity contribution is 8.00. The molecule has 6 aromatic rings. The van der Waals surface area contributed by atoms with Gasteiger partial charge in [0.25, 0.3) is 0 Å². The molecular weight excluding hydrogens is 1870 g/mol. The number of aromatic hydroxyl groups is 1. The van der Waals surface area contributed by atoms with Gasteiger partial charge in [0.05, 0.1) is 18.8 Å². The summed E-state index contributed by atoms with van der Waals surface area (Å²) < 4.78 is 0. The van der Waals surface area contributed by atoms with E-state index in [1.54, 1.807) is 107 Å². The van der Waals surface area contributed by atoms with Crippen molar-refractivity contribution in [1.29, 1.82) is 10.8 Å². The van der Waals surface area contributed by atoms with Crippen molar-refractivity contribution in [2.45, 2.75) is 223 Å². The summed E-state index contributed by atoms with van der Waals surface area (Å²) in [6.45, 7) is 10.9. The number of hydrogen-bond donors (Lipinski definition) is 25. The van der Waals surface area contributed by atoms with E-state index in [1.807, 2.05) is 30.3 Å². The van der Waals surface area contributed by atoms with Gasteiger partial charge in [-0.3, -0.25) is 97.1 Å². The summed E-state index contributed by atoms with van der Waals surface area (Å²) in [5.41, 5.74) is 26.2. The summed E-state index contributed by atoms with van der Waals surface area (Å²) in [6, 6.07) is 11.6. The predicted molar refractivity (Wildman–Crippen MR) is 531 cm³/mol. The highest BCUT2D eigenvalue weighted by atomic mass is 32.2. The number of nitrogens with zero attached hydrogens (tertiary/aromatic N) is 2. The Kier molecular flexibility index (Phi) is 45.1. The Hall–Kier alpha value is -15.2. The standard InChI is InChI=1S/C97H134N24O21S/c1-51(2)41-68-87(134)118-80(53(5)6)93(140)116-73(48-122)89(136)117-74(90(137)107-54(7)81(99)128)49-143-50-77(125)108-66(37-38-76(98)124)83(130)112-69(43-58-31-35-62(123)36-32-58)85(132)114-72(46-78(126)127)86(133)113-71(45-61-47-106-64-26-18-17-25-63(61)64)88(135)119-79(52(3)4)92(139)115-70(42-57-29-33-60(34-30-57)59-23-15-12-16-24-59)84(131)110-67(28-20-40-105-97(102)103)95(142)120(9)55(8)94(141)121(10)75(44-56-21-13-11-14-22-56)91(138)109-65(82(129)111-68)27-19-39-104-96(100)101/h11-18,21-26,29-36,47,51-55,65-75,79-80,106,122-123H,19-20,27-28,37-46,48-50H2,1-10H3,(H2,98,124)(H2,99,128)(H,107,137)(H,108,125)(H,109,138)(H,110,131)(H,111,129)(H,112,130)(H,113,133)(H,114,132)(H,115,139)(H,116,140)(H,117,136)(H,118,134)(H,119,135)(H,126,127)(H4,100,101,104)(H4,102,103,105)/t54-,55-,65-,66-,67-,68-,69-,70-,71-,72-,73-,74-,75-,79-,80-/m0/s1. The molecule has 5 aromatic carbocycles. The SMILES string of the molecule is CC(C)C[C@@H]1NC(=O)[C@H](CCCNC(=N)N)NC(=O)[C@H](Cc2ccccc2)N(C)C(=O)[C@H](C)N(C)C(=O)[C@H](CCCNC(=N)N)NC(=O)[C@H](Cc2ccc(-c3ccccc3)cc2)NC(=O)[C@H](C(C)C)NC(=O)[C@H](Cc2c[nH]c3ccccc23)NC(=O)[C@H](CC(=O)O)NC(=O)[C@H](Cc2ccc(O)cc2)NC(=O)[C@H](CCC(N)=O)NC(=O)CSC[C@@H](C(=O)N[C@@H](C)C(N)=O)NC(=O)[C@H](CO)NC(=O)[C@H](C(C)C)NC1=O. The number of aromatic nitrogens is 1. The van der Waals surface area contributed by atoms with Crippen molar-refractivity contribution in [1.82, 2.24) is 94.5 Å². The largest absolute Gasteiger partial charge is 0.508 e. The number of phenolic OH excluding ortho intramolecular Hbond substituents is 1. The second kappa shape index (κ2) is 56.3. The Morgan fingerprint density at radius 2 is 0.909 bits per heavy atom. The first-order valence-corrected chi connectivity index (χ1v) is 48.0. The zero-order valence-corrected chi connectivity index (χ0v) is 82.3. The number of guanidine groups is 2. The minimum absolute atomic E-state index is 0.0156. The molecule has 15 atom stereocenters. The second-order valence-corrected chi connectivity index (χ2v) is 37.2. The molecule has 1 saturated heterocycles. The molecule has 1 fully saturated rings. The first-order valence-electron chi connectivity index (χ1n) is 46.8. The smallest absolute Gasteiger partial charge is 0.305 e. The lowest BCUT2D eigenvalue weighted by Gasteiger charge is -2.35. The van der Waals surface area contributed by atoms with Gasteiger partial charge in [-0.2, -0.15) is 0 Å². The molecule has 0 unspecified atom stereocenters. The van der Waals surface area contributed by atoms with Crippen molar-refractivity contribution >= 4 is 141 Å². The number of carbonyl (C=O) groups excluding carboxylic acids is 17. The lowest BCUT2D eigenvalue weighted by molar-refractivity contribution is -0.148. The fourth-order valence-corrected chi connectivity index (χ4v) is 16.4. The van der Waals surface area contributed by atoms with Crippen LogP contribution in [-0.2, 0) is 112 Å². The Morgan fingerprint density at radius 3 is 1.44 bits per heavy atom. The number of amides is 17. The summed E-state index contributed by atoms with van der Waals surface area (Å²) in [6.07, 6.45) is -2.73. The molecule has 46 heteroatoms. The second-order valence-electron chi connectivity index (χ2n) is 36.1. The average molecular weight is 2000 g/mol. The maximum Gasteiger partial charge on any atom is 0.305 e. The third-order valence-corrected chi connectivity index (χ3v) is 24.7. The number of carboxylic acid groups (broad SMARTS) is 1. The molecule has 29 N–H and O–H groups in total. The molecule has 17 amide bonds. The van der Waals surface area contributed by atoms with Gasteiger partial charge in [0.15, 0.2) is 11.9 Å². The number of primary amides is 2. The van der Waals surface area contributed by atoms with Crippen LogP contribution in [0, 0.1) is 28.6 Å². The molecule has 7 rings (SSSR count). The minimum atomic E-state index is -2.13. The molecule has 1 aromatic heterocycles. The number of thioether (sulfide) groups is 1. The Balaban J connectivity index is 1.36. The quantitative estimate of drug-likeness (QED) is 0.0128. The van der Waals surface area contributed by atoms with Crippen LogP contribution in [0.3, 0.4) is 0 Å². The molecule has 2 heterocycles. The highest BCUT2D eigenvalue weighted by Gasteiger charge is 2.42. The predicted octanol–water partition coefficient (Wildman–Crippen LogP) is -2.34. The first kappa shape index (κ1) is 115. The monoisotopic (exact) mass is 2000 g/mol. The van der Waals surface area contributed by atoms with Crippen LogP contribution in [0.4, 0.5) is 0 Å². The number of carboxylic acids is 1. The maximum absolute atomic E-state index is 15.6. The number of nitrogens with two attached hydrogens (primary N) is 4. The molecule has 0 spiro atoms. The van der Waals surface area contributed by atoms with Crippen LogP contribution in [0.25, 0.3) is 22.0 Å². The van der Waals surface area contributed by atoms with Crippen LogP contribution in [0.5, 0.6) is 5.75 Å². The molecule has 0 radical (unpaired) electrons. The van der Waals surface area contributed by atoms with Gasteiger partial charge in [0, 0.05) is 82.1 Å². The molecule has 774 valence electrons. The number of rotatable bonds is 30. The number of aliphatic carboxylic acids is 1. The number of aliphatic hydroxyl groups is 1. The fraction of sp³-hybridized carbons (Fsp3) is 0.464. The average Bonchev–Trinajstić information content (AvgIpc) is 1.80. The molecule has 0 saturated carbocycles. The van der Waals surface area contributed by atoms with E-state index in [-0.39, 0.29) is 75.3 Å². The van der Waals surface area contributed by atoms with E-state index >= 15 is 43.2 Å². The van der Waals surface area contributed by atoms with E-state index in [2.05, 4.69) is 84.7 Å². The molecular formula is C97H134N24O21S. The zero-order chi connectivity index (χ0) is 106. The number of carbonyl (C=O) groups is 18. The zero-order valence-electron chi connectivity index (χ0n) is 81.5. The number of benzene rings is 5. The number of hydrogen-bond acceptors (Lipinski definition) is 23. The van der Waals surface area contributed by atoms with Crippen LogP contribution in [0.1, 0.15) is 129 Å². The van der Waals surface area contributed by atoms with Gasteiger partial charge in [-0.05, 0) is 122 Å². The lowest BCUT2D eigenvalue weighted by Crippen LogP contribution is -2.62. The van der Waals surface area contributed by atoms with Gasteiger partial charge in [0.1, 0.15) is 96.4 Å². The molecule has 45 nitrogen and oxygen atoms in total. The van der Waals surface area contributed by atoms with Crippen LogP contribution in [0.2, 0.25) is 0 Å². The minimum Gasteiger partial charge on any atom is -0.508 e. The number of para-hydroxylation sites is 1. The molecule has 0 bridgehead atoms. The van der Waals surface area contributed by atoms with E-state index in [1.165, 1.54) is 72.3 Å². The van der Waals surface area contributed by atoms with Gasteiger partial charge in [-0.15, -0.1) is 11.8 Å². The van der Waals surface area contributed by atoms with Gasteiger partial charge < -0.3 is 133 Å². The Morgan fingerprint density at radius 1 is 0.469 bits per heavy atom. The van der Waals surface area contributed by atoms with Crippen LogP contribution < -0.4 is 103 Å².